The van der Waals surface area contributed by atoms with Crippen molar-refractivity contribution in [3.63, 3.8) is 0 Å². The maximum absolute atomic E-state index is 12.6. The Morgan fingerprint density at radius 3 is 2.48 bits per heavy atom. The molecule has 2 aromatic carbocycles. The minimum Gasteiger partial charge on any atom is -0.325 e. The van der Waals surface area contributed by atoms with Crippen LogP contribution in [0.2, 0.25) is 0 Å². The molecule has 0 fully saturated rings. The molecule has 0 atom stereocenters. The highest BCUT2D eigenvalue weighted by atomic mass is 32.2. The summed E-state index contributed by atoms with van der Waals surface area (Å²) < 4.78 is 29.7. The maximum Gasteiger partial charge on any atom is 0.241 e. The van der Waals surface area contributed by atoms with Crippen molar-refractivity contribution >= 4 is 33.4 Å². The van der Waals surface area contributed by atoms with E-state index >= 15 is 0 Å². The van der Waals surface area contributed by atoms with E-state index in [1.165, 1.54) is 23.9 Å². The maximum atomic E-state index is 12.6. The van der Waals surface area contributed by atoms with Crippen LogP contribution in [0.5, 0.6) is 0 Å². The van der Waals surface area contributed by atoms with Crippen molar-refractivity contribution in [2.75, 3.05) is 11.1 Å². The van der Waals surface area contributed by atoms with Gasteiger partial charge in [-0.2, -0.15) is 0 Å². The summed E-state index contributed by atoms with van der Waals surface area (Å²) in [6.45, 7) is 10.0. The minimum atomic E-state index is -3.70. The summed E-state index contributed by atoms with van der Waals surface area (Å²) in [6, 6.07) is 14.2. The first-order chi connectivity index (χ1) is 15.5. The van der Waals surface area contributed by atoms with Gasteiger partial charge in [-0.25, -0.2) is 13.1 Å². The normalized spacial score (nSPS) is 12.0. The number of nitrogens with one attached hydrogen (secondary N) is 2. The van der Waals surface area contributed by atoms with Gasteiger partial charge in [-0.1, -0.05) is 41.6 Å². The van der Waals surface area contributed by atoms with Crippen molar-refractivity contribution in [1.29, 1.82) is 0 Å². The van der Waals surface area contributed by atoms with E-state index in [0.717, 1.165) is 17.0 Å². The van der Waals surface area contributed by atoms with Gasteiger partial charge in [0.1, 0.15) is 0 Å². The third-order valence-electron chi connectivity index (χ3n) is 4.51. The molecule has 0 spiro atoms. The quantitative estimate of drug-likeness (QED) is 0.464. The Morgan fingerprint density at radius 2 is 1.82 bits per heavy atom. The van der Waals surface area contributed by atoms with Crippen molar-refractivity contribution < 1.29 is 13.2 Å². The molecule has 1 heterocycles. The van der Waals surface area contributed by atoms with Crippen molar-refractivity contribution in [2.45, 2.75) is 56.8 Å². The van der Waals surface area contributed by atoms with Crippen molar-refractivity contribution in [2.24, 2.45) is 0 Å². The Bertz CT molecular complexity index is 1250. The van der Waals surface area contributed by atoms with Gasteiger partial charge < -0.3 is 9.88 Å². The molecule has 176 valence electrons. The number of carbonyl (C=O) groups is 1. The number of amides is 1. The third kappa shape index (κ3) is 6.66. The second-order valence-corrected chi connectivity index (χ2v) is 11.3. The molecule has 33 heavy (non-hydrogen) atoms. The van der Waals surface area contributed by atoms with Crippen LogP contribution in [0.15, 0.2) is 58.6 Å². The molecule has 1 amide bonds. The molecule has 3 aromatic rings. The lowest BCUT2D eigenvalue weighted by molar-refractivity contribution is -0.113. The lowest BCUT2D eigenvalue weighted by atomic mass is 10.1. The molecule has 0 bridgehead atoms. The number of aryl methyl sites for hydroxylation is 1. The summed E-state index contributed by atoms with van der Waals surface area (Å²) in [7, 11) is -3.70. The summed E-state index contributed by atoms with van der Waals surface area (Å²) in [5.74, 6) is 0.609. The molecular weight excluding hydrogens is 458 g/mol. The van der Waals surface area contributed by atoms with Gasteiger partial charge in [-0.3, -0.25) is 4.79 Å². The fourth-order valence-corrected chi connectivity index (χ4v) is 5.47. The number of anilines is 1. The second-order valence-electron chi connectivity index (χ2n) is 8.64. The van der Waals surface area contributed by atoms with Crippen LogP contribution in [0, 0.1) is 6.92 Å². The summed E-state index contributed by atoms with van der Waals surface area (Å²) >= 11 is 1.28. The van der Waals surface area contributed by atoms with Gasteiger partial charge in [0.2, 0.25) is 15.9 Å². The van der Waals surface area contributed by atoms with E-state index in [9.17, 15) is 13.2 Å². The predicted octanol–water partition coefficient (Wildman–Crippen LogP) is 4.08. The molecule has 0 unspecified atom stereocenters. The van der Waals surface area contributed by atoms with E-state index in [4.69, 9.17) is 0 Å². The molecule has 0 aliphatic carbocycles. The molecule has 2 N–H and O–H groups in total. The SMILES string of the molecule is CCn1c(SCC(=O)Nc2cccc(S(=O)(=O)NC(C)(C)C)c2)nnc1-c1cccc(C)c1. The Kier molecular flexibility index (Phi) is 7.61. The molecule has 3 rings (SSSR count). The molecule has 0 saturated heterocycles. The zero-order valence-electron chi connectivity index (χ0n) is 19.4. The highest BCUT2D eigenvalue weighted by Crippen LogP contribution is 2.25. The average Bonchev–Trinajstić information content (AvgIpc) is 3.14. The molecule has 1 aromatic heterocycles. The first-order valence-electron chi connectivity index (χ1n) is 10.6. The van der Waals surface area contributed by atoms with Gasteiger partial charge in [-0.15, -0.1) is 10.2 Å². The van der Waals surface area contributed by atoms with Gasteiger partial charge in [0, 0.05) is 23.3 Å². The zero-order valence-corrected chi connectivity index (χ0v) is 21.0. The number of carbonyl (C=O) groups excluding carboxylic acids is 1. The molecule has 0 saturated carbocycles. The van der Waals surface area contributed by atoms with E-state index in [-0.39, 0.29) is 16.6 Å². The van der Waals surface area contributed by atoms with Gasteiger partial charge in [0.15, 0.2) is 11.0 Å². The largest absolute Gasteiger partial charge is 0.325 e. The second kappa shape index (κ2) is 10.1. The van der Waals surface area contributed by atoms with E-state index in [1.807, 2.05) is 42.7 Å². The molecule has 0 aliphatic rings. The lowest BCUT2D eigenvalue weighted by Gasteiger charge is -2.20. The van der Waals surface area contributed by atoms with Crippen LogP contribution >= 0.6 is 11.8 Å². The highest BCUT2D eigenvalue weighted by molar-refractivity contribution is 7.99. The zero-order chi connectivity index (χ0) is 24.2. The topological polar surface area (TPSA) is 106 Å². The Balaban J connectivity index is 1.68. The average molecular weight is 488 g/mol. The van der Waals surface area contributed by atoms with Gasteiger partial charge in [0.25, 0.3) is 0 Å². The fourth-order valence-electron chi connectivity index (χ4n) is 3.21. The molecular formula is C23H29N5O3S2. The van der Waals surface area contributed by atoms with Gasteiger partial charge >= 0.3 is 0 Å². The number of hydrogen-bond acceptors (Lipinski definition) is 6. The van der Waals surface area contributed by atoms with Crippen molar-refractivity contribution in [3.05, 3.63) is 54.1 Å². The molecule has 8 nitrogen and oxygen atoms in total. The van der Waals surface area contributed by atoms with E-state index in [0.29, 0.717) is 17.4 Å². The first kappa shape index (κ1) is 24.9. The predicted molar refractivity (Wildman–Crippen MR) is 132 cm³/mol. The van der Waals surface area contributed by atoms with Crippen LogP contribution < -0.4 is 10.0 Å². The number of nitrogens with zero attached hydrogens (tertiary/aromatic N) is 3. The van der Waals surface area contributed by atoms with Crippen molar-refractivity contribution in [1.82, 2.24) is 19.5 Å². The van der Waals surface area contributed by atoms with Crippen LogP contribution in [0.4, 0.5) is 5.69 Å². The number of aromatic nitrogens is 3. The highest BCUT2D eigenvalue weighted by Gasteiger charge is 2.22. The number of thioether (sulfide) groups is 1. The number of sulfonamides is 1. The summed E-state index contributed by atoms with van der Waals surface area (Å²) in [5, 5.41) is 12.0. The van der Waals surface area contributed by atoms with E-state index in [2.05, 4.69) is 20.2 Å². The van der Waals surface area contributed by atoms with E-state index in [1.54, 1.807) is 32.9 Å². The first-order valence-corrected chi connectivity index (χ1v) is 13.0. The summed E-state index contributed by atoms with van der Waals surface area (Å²) in [5.41, 5.74) is 1.91. The standard InChI is InChI=1S/C23H29N5O3S2/c1-6-28-21(17-10-7-9-16(2)13-17)25-26-22(28)32-15-20(29)24-18-11-8-12-19(14-18)33(30,31)27-23(3,4)5/h7-14,27H,6,15H2,1-5H3,(H,24,29). The summed E-state index contributed by atoms with van der Waals surface area (Å²) in [4.78, 5) is 12.6. The smallest absolute Gasteiger partial charge is 0.241 e. The number of benzene rings is 2. The van der Waals surface area contributed by atoms with Crippen LogP contribution in [0.3, 0.4) is 0 Å². The number of rotatable bonds is 8. The van der Waals surface area contributed by atoms with Crippen LogP contribution in [-0.2, 0) is 21.4 Å². The Labute approximate surface area is 199 Å². The van der Waals surface area contributed by atoms with Crippen molar-refractivity contribution in [3.8, 4) is 11.4 Å². The number of hydrogen-bond donors (Lipinski definition) is 2. The minimum absolute atomic E-state index is 0.0939. The Hall–Kier alpha value is -2.69. The Morgan fingerprint density at radius 1 is 1.09 bits per heavy atom. The lowest BCUT2D eigenvalue weighted by Crippen LogP contribution is -2.40. The molecule has 0 radical (unpaired) electrons. The monoisotopic (exact) mass is 487 g/mol. The van der Waals surface area contributed by atoms with Crippen LogP contribution in [0.1, 0.15) is 33.3 Å². The van der Waals surface area contributed by atoms with Gasteiger partial charge in [0.05, 0.1) is 10.6 Å². The molecule has 10 heteroatoms. The van der Waals surface area contributed by atoms with Gasteiger partial charge in [-0.05, 0) is 58.9 Å². The summed E-state index contributed by atoms with van der Waals surface area (Å²) in [6.07, 6.45) is 0. The third-order valence-corrected chi connectivity index (χ3v) is 7.23. The van der Waals surface area contributed by atoms with E-state index < -0.39 is 15.6 Å². The molecule has 0 aliphatic heterocycles. The van der Waals surface area contributed by atoms with Crippen LogP contribution in [0.25, 0.3) is 11.4 Å². The fraction of sp³-hybridized carbons (Fsp3) is 0.348. The van der Waals surface area contributed by atoms with Crippen LogP contribution in [-0.4, -0.2) is 40.4 Å².